The van der Waals surface area contributed by atoms with E-state index in [0.717, 1.165) is 6.54 Å². The molecule has 0 aromatic rings. The van der Waals surface area contributed by atoms with Crippen LogP contribution in [0.2, 0.25) is 0 Å². The molecule has 0 aliphatic carbocycles. The van der Waals surface area contributed by atoms with E-state index in [2.05, 4.69) is 5.32 Å². The Labute approximate surface area is 71.6 Å². The molecule has 62 valence electrons. The molecule has 0 radical (unpaired) electrons. The van der Waals surface area contributed by atoms with Crippen LogP contribution in [0.4, 0.5) is 0 Å². The van der Waals surface area contributed by atoms with Crippen LogP contribution in [0.3, 0.4) is 0 Å². The molecule has 1 saturated heterocycles. The first-order chi connectivity index (χ1) is 4.84. The lowest BCUT2D eigenvalue weighted by atomic mass is 10.3. The lowest BCUT2D eigenvalue weighted by Gasteiger charge is -2.24. The van der Waals surface area contributed by atoms with Crippen molar-refractivity contribution in [3.8, 4) is 6.07 Å². The first kappa shape index (κ1) is 10.2. The number of nitrogens with one attached hydrogen (secondary N) is 1. The maximum absolute atomic E-state index is 10.9. The van der Waals surface area contributed by atoms with Crippen molar-refractivity contribution in [2.45, 2.75) is 0 Å². The maximum atomic E-state index is 10.9. The summed E-state index contributed by atoms with van der Waals surface area (Å²) < 4.78 is 0. The van der Waals surface area contributed by atoms with Crippen LogP contribution in [-0.2, 0) is 4.79 Å². The number of hydrogen-bond donors (Lipinski definition) is 1. The largest absolute Gasteiger partial charge is 0.327 e. The van der Waals surface area contributed by atoms with Crippen LogP contribution >= 0.6 is 12.4 Å². The minimum absolute atomic E-state index is 0. The molecule has 5 heteroatoms. The van der Waals surface area contributed by atoms with E-state index in [4.69, 9.17) is 5.26 Å². The lowest BCUT2D eigenvalue weighted by molar-refractivity contribution is -0.131. The van der Waals surface area contributed by atoms with Gasteiger partial charge in [0, 0.05) is 13.1 Å². The molecule has 0 unspecified atom stereocenters. The van der Waals surface area contributed by atoms with Crippen LogP contribution < -0.4 is 5.32 Å². The molecule has 1 aliphatic rings. The van der Waals surface area contributed by atoms with Crippen molar-refractivity contribution >= 4 is 18.3 Å². The minimum Gasteiger partial charge on any atom is -0.327 e. The third kappa shape index (κ3) is 2.74. The zero-order valence-electron chi connectivity index (χ0n) is 6.04. The molecule has 1 aliphatic heterocycles. The summed E-state index contributed by atoms with van der Waals surface area (Å²) in [6, 6.07) is 1.95. The highest BCUT2D eigenvalue weighted by molar-refractivity contribution is 5.85. The van der Waals surface area contributed by atoms with Crippen LogP contribution in [0.25, 0.3) is 0 Å². The van der Waals surface area contributed by atoms with E-state index in [1.165, 1.54) is 0 Å². The van der Waals surface area contributed by atoms with Crippen LogP contribution in [-0.4, -0.2) is 37.0 Å². The van der Waals surface area contributed by atoms with Gasteiger partial charge in [0.2, 0.25) is 5.91 Å². The van der Waals surface area contributed by atoms with Gasteiger partial charge in [-0.2, -0.15) is 5.26 Å². The first-order valence-electron chi connectivity index (χ1n) is 3.20. The number of carbonyl (C=O) groups is 1. The Morgan fingerprint density at radius 3 is 3.00 bits per heavy atom. The third-order valence-corrected chi connectivity index (χ3v) is 1.45. The SMILES string of the molecule is Cl.N#CCN1CCNCC1=O. The van der Waals surface area contributed by atoms with Crippen LogP contribution in [0, 0.1) is 11.3 Å². The second kappa shape index (κ2) is 4.94. The fourth-order valence-corrected chi connectivity index (χ4v) is 0.898. The Morgan fingerprint density at radius 2 is 2.45 bits per heavy atom. The summed E-state index contributed by atoms with van der Waals surface area (Å²) in [5, 5.41) is 11.2. The van der Waals surface area contributed by atoms with Gasteiger partial charge in [-0.25, -0.2) is 0 Å². The summed E-state index contributed by atoms with van der Waals surface area (Å²) in [7, 11) is 0. The second-order valence-electron chi connectivity index (χ2n) is 2.15. The van der Waals surface area contributed by atoms with Crippen molar-refractivity contribution in [1.29, 1.82) is 5.26 Å². The summed E-state index contributed by atoms with van der Waals surface area (Å²) in [4.78, 5) is 12.4. The first-order valence-corrected chi connectivity index (χ1v) is 3.20. The summed E-state index contributed by atoms with van der Waals surface area (Å²) in [6.45, 7) is 2.06. The zero-order chi connectivity index (χ0) is 7.40. The summed E-state index contributed by atoms with van der Waals surface area (Å²) in [6.07, 6.45) is 0. The average molecular weight is 176 g/mol. The average Bonchev–Trinajstić information content (AvgIpc) is 1.94. The summed E-state index contributed by atoms with van der Waals surface area (Å²) in [5.74, 6) is 0.0211. The van der Waals surface area contributed by atoms with Gasteiger partial charge in [-0.15, -0.1) is 12.4 Å². The lowest BCUT2D eigenvalue weighted by Crippen LogP contribution is -2.47. The molecule has 0 atom stereocenters. The molecule has 1 rings (SSSR count). The van der Waals surface area contributed by atoms with E-state index in [1.54, 1.807) is 4.90 Å². The molecular weight excluding hydrogens is 166 g/mol. The van der Waals surface area contributed by atoms with E-state index < -0.39 is 0 Å². The molecule has 11 heavy (non-hydrogen) atoms. The number of amides is 1. The predicted octanol–water partition coefficient (Wildman–Crippen LogP) is -0.636. The molecule has 1 heterocycles. The minimum atomic E-state index is 0. The van der Waals surface area contributed by atoms with E-state index in [-0.39, 0.29) is 24.9 Å². The molecule has 4 nitrogen and oxygen atoms in total. The van der Waals surface area contributed by atoms with Crippen LogP contribution in [0.5, 0.6) is 0 Å². The van der Waals surface area contributed by atoms with Gasteiger partial charge in [-0.3, -0.25) is 4.79 Å². The Morgan fingerprint density at radius 1 is 1.73 bits per heavy atom. The number of nitriles is 1. The Kier molecular flexibility index (Phi) is 4.59. The molecule has 1 N–H and O–H groups in total. The molecule has 0 bridgehead atoms. The fraction of sp³-hybridized carbons (Fsp3) is 0.667. The number of rotatable bonds is 1. The van der Waals surface area contributed by atoms with Gasteiger partial charge in [0.1, 0.15) is 6.54 Å². The smallest absolute Gasteiger partial charge is 0.237 e. The Bertz CT molecular complexity index is 177. The van der Waals surface area contributed by atoms with Crippen molar-refractivity contribution < 1.29 is 4.79 Å². The van der Waals surface area contributed by atoms with Crippen LogP contribution in [0.1, 0.15) is 0 Å². The van der Waals surface area contributed by atoms with Gasteiger partial charge >= 0.3 is 0 Å². The van der Waals surface area contributed by atoms with Crippen molar-refractivity contribution in [2.75, 3.05) is 26.2 Å². The zero-order valence-corrected chi connectivity index (χ0v) is 6.86. The van der Waals surface area contributed by atoms with E-state index in [9.17, 15) is 4.79 Å². The quantitative estimate of drug-likeness (QED) is 0.540. The van der Waals surface area contributed by atoms with Gasteiger partial charge in [-0.05, 0) is 0 Å². The van der Waals surface area contributed by atoms with Crippen LogP contribution in [0.15, 0.2) is 0 Å². The number of halogens is 1. The van der Waals surface area contributed by atoms with Gasteiger partial charge in [0.25, 0.3) is 0 Å². The molecule has 0 aromatic heterocycles. The predicted molar refractivity (Wildman–Crippen MR) is 42.3 cm³/mol. The van der Waals surface area contributed by atoms with Crippen molar-refractivity contribution in [3.05, 3.63) is 0 Å². The van der Waals surface area contributed by atoms with E-state index in [1.807, 2.05) is 6.07 Å². The second-order valence-corrected chi connectivity index (χ2v) is 2.15. The van der Waals surface area contributed by atoms with Gasteiger partial charge in [0.15, 0.2) is 0 Å². The highest BCUT2D eigenvalue weighted by atomic mass is 35.5. The summed E-state index contributed by atoms with van der Waals surface area (Å²) >= 11 is 0. The van der Waals surface area contributed by atoms with Gasteiger partial charge in [-0.1, -0.05) is 0 Å². The van der Waals surface area contributed by atoms with Gasteiger partial charge in [0.05, 0.1) is 12.6 Å². The molecule has 0 aromatic carbocycles. The number of carbonyl (C=O) groups excluding carboxylic acids is 1. The third-order valence-electron chi connectivity index (χ3n) is 1.45. The molecule has 1 fully saturated rings. The van der Waals surface area contributed by atoms with E-state index >= 15 is 0 Å². The number of hydrogen-bond acceptors (Lipinski definition) is 3. The number of piperazine rings is 1. The van der Waals surface area contributed by atoms with Crippen molar-refractivity contribution in [1.82, 2.24) is 10.2 Å². The molecule has 1 amide bonds. The van der Waals surface area contributed by atoms with Crippen molar-refractivity contribution in [3.63, 3.8) is 0 Å². The highest BCUT2D eigenvalue weighted by Gasteiger charge is 2.15. The topological polar surface area (TPSA) is 56.1 Å². The van der Waals surface area contributed by atoms with Crippen molar-refractivity contribution in [2.24, 2.45) is 0 Å². The number of nitrogens with zero attached hydrogens (tertiary/aromatic N) is 2. The molecular formula is C6H10ClN3O. The summed E-state index contributed by atoms with van der Waals surface area (Å²) in [5.41, 5.74) is 0. The van der Waals surface area contributed by atoms with E-state index in [0.29, 0.717) is 13.1 Å². The monoisotopic (exact) mass is 175 g/mol. The molecule has 0 saturated carbocycles. The normalized spacial score (nSPS) is 17.0. The maximum Gasteiger partial charge on any atom is 0.237 e. The highest BCUT2D eigenvalue weighted by Crippen LogP contribution is 1.91. The Balaban J connectivity index is 0.000001000. The standard InChI is InChI=1S/C6H9N3O.ClH/c7-1-3-9-4-2-8-5-6(9)10;/h8H,2-5H2;1H. The fourth-order valence-electron chi connectivity index (χ4n) is 0.898. The van der Waals surface area contributed by atoms with Gasteiger partial charge < -0.3 is 10.2 Å². The molecule has 0 spiro atoms. The Hall–Kier alpha value is -0.790.